The standard InChI is InChI=1S/C20H21F3N4OS/c1-27-19(11-4-6-24-7-5-11)26-16-3-2-12(8-17(16)29-27)20(28)25-13-9-14(21)18(23)15(22)10-13/h2-3,8-11,19,24,26H,4-7H2,1H3,(H,25,28). The van der Waals surface area contributed by atoms with Crippen LogP contribution in [0.15, 0.2) is 35.2 Å². The van der Waals surface area contributed by atoms with Crippen molar-refractivity contribution >= 4 is 29.2 Å². The lowest BCUT2D eigenvalue weighted by Gasteiger charge is -2.40. The van der Waals surface area contributed by atoms with E-state index in [1.165, 1.54) is 0 Å². The summed E-state index contributed by atoms with van der Waals surface area (Å²) in [5.41, 5.74) is 1.15. The minimum atomic E-state index is -1.56. The van der Waals surface area contributed by atoms with Gasteiger partial charge in [-0.2, -0.15) is 0 Å². The molecule has 4 rings (SSSR count). The number of rotatable bonds is 3. The van der Waals surface area contributed by atoms with Gasteiger partial charge < -0.3 is 16.0 Å². The maximum absolute atomic E-state index is 13.4. The zero-order chi connectivity index (χ0) is 20.5. The smallest absolute Gasteiger partial charge is 0.255 e. The fourth-order valence-corrected chi connectivity index (χ4v) is 4.78. The van der Waals surface area contributed by atoms with Crippen molar-refractivity contribution in [3.8, 4) is 0 Å². The van der Waals surface area contributed by atoms with Gasteiger partial charge in [-0.15, -0.1) is 0 Å². The van der Waals surface area contributed by atoms with E-state index in [1.807, 2.05) is 13.1 Å². The van der Waals surface area contributed by atoms with Crippen LogP contribution in [0.5, 0.6) is 0 Å². The summed E-state index contributed by atoms with van der Waals surface area (Å²) in [5.74, 6) is -4.26. The molecule has 0 aromatic heterocycles. The van der Waals surface area contributed by atoms with Crippen LogP contribution >= 0.6 is 11.9 Å². The highest BCUT2D eigenvalue weighted by atomic mass is 32.2. The lowest BCUT2D eigenvalue weighted by Crippen LogP contribution is -2.46. The van der Waals surface area contributed by atoms with Crippen LogP contribution in [0.4, 0.5) is 24.5 Å². The minimum absolute atomic E-state index is 0.141. The number of halogens is 3. The van der Waals surface area contributed by atoms with Gasteiger partial charge >= 0.3 is 0 Å². The zero-order valence-electron chi connectivity index (χ0n) is 15.8. The van der Waals surface area contributed by atoms with Gasteiger partial charge in [-0.1, -0.05) is 0 Å². The molecule has 29 heavy (non-hydrogen) atoms. The maximum atomic E-state index is 13.4. The van der Waals surface area contributed by atoms with E-state index in [4.69, 9.17) is 0 Å². The normalized spacial score (nSPS) is 20.1. The molecule has 2 aromatic rings. The van der Waals surface area contributed by atoms with Crippen molar-refractivity contribution in [3.05, 3.63) is 53.3 Å². The number of anilines is 2. The minimum Gasteiger partial charge on any atom is -0.368 e. The summed E-state index contributed by atoms with van der Waals surface area (Å²) in [7, 11) is 2.02. The van der Waals surface area contributed by atoms with Crippen molar-refractivity contribution in [2.45, 2.75) is 23.9 Å². The fraction of sp³-hybridized carbons (Fsp3) is 0.350. The van der Waals surface area contributed by atoms with Gasteiger partial charge in [0.05, 0.1) is 11.9 Å². The molecule has 3 N–H and O–H groups in total. The molecule has 0 radical (unpaired) electrons. The summed E-state index contributed by atoms with van der Waals surface area (Å²) < 4.78 is 42.0. The summed E-state index contributed by atoms with van der Waals surface area (Å²) in [6.45, 7) is 2.02. The molecule has 9 heteroatoms. The van der Waals surface area contributed by atoms with Gasteiger partial charge in [-0.3, -0.25) is 4.79 Å². The molecule has 1 amide bonds. The predicted octanol–water partition coefficient (Wildman–Crippen LogP) is 4.05. The first-order valence-electron chi connectivity index (χ1n) is 9.40. The first-order chi connectivity index (χ1) is 13.9. The Kier molecular flexibility index (Phi) is 5.71. The first kappa shape index (κ1) is 20.1. The number of amides is 1. The number of nitrogens with zero attached hydrogens (tertiary/aromatic N) is 1. The molecule has 154 valence electrons. The Morgan fingerprint density at radius 1 is 1.14 bits per heavy atom. The third kappa shape index (κ3) is 4.22. The number of fused-ring (bicyclic) bond motifs is 1. The highest BCUT2D eigenvalue weighted by Crippen LogP contribution is 2.39. The van der Waals surface area contributed by atoms with Crippen LogP contribution in [0.25, 0.3) is 0 Å². The van der Waals surface area contributed by atoms with Crippen LogP contribution in [0.2, 0.25) is 0 Å². The van der Waals surface area contributed by atoms with Crippen LogP contribution in [-0.4, -0.2) is 36.5 Å². The number of piperidine rings is 1. The van der Waals surface area contributed by atoms with E-state index in [-0.39, 0.29) is 11.9 Å². The molecule has 1 atom stereocenters. The van der Waals surface area contributed by atoms with Gasteiger partial charge in [0.1, 0.15) is 0 Å². The van der Waals surface area contributed by atoms with Gasteiger partial charge in [0.15, 0.2) is 17.5 Å². The van der Waals surface area contributed by atoms with Gasteiger partial charge in [-0.05, 0) is 69.0 Å². The largest absolute Gasteiger partial charge is 0.368 e. The third-order valence-corrected chi connectivity index (χ3v) is 6.30. The highest BCUT2D eigenvalue weighted by molar-refractivity contribution is 7.97. The second kappa shape index (κ2) is 8.25. The predicted molar refractivity (Wildman–Crippen MR) is 107 cm³/mol. The summed E-state index contributed by atoms with van der Waals surface area (Å²) in [6.07, 6.45) is 2.41. The van der Waals surface area contributed by atoms with Crippen LogP contribution in [0.1, 0.15) is 23.2 Å². The molecule has 0 bridgehead atoms. The molecule has 2 aliphatic rings. The highest BCUT2D eigenvalue weighted by Gasteiger charge is 2.31. The fourth-order valence-electron chi connectivity index (χ4n) is 3.73. The van der Waals surface area contributed by atoms with Crippen LogP contribution in [0.3, 0.4) is 0 Å². The second-order valence-corrected chi connectivity index (χ2v) is 8.43. The van der Waals surface area contributed by atoms with E-state index in [0.717, 1.165) is 48.6 Å². The molecule has 2 aromatic carbocycles. The Morgan fingerprint density at radius 2 is 1.83 bits per heavy atom. The Labute approximate surface area is 171 Å². The van der Waals surface area contributed by atoms with Crippen molar-refractivity contribution in [3.63, 3.8) is 0 Å². The molecular weight excluding hydrogens is 401 g/mol. The number of nitrogens with one attached hydrogen (secondary N) is 3. The summed E-state index contributed by atoms with van der Waals surface area (Å²) in [5, 5.41) is 9.34. The summed E-state index contributed by atoms with van der Waals surface area (Å²) >= 11 is 1.56. The molecule has 2 heterocycles. The Balaban J connectivity index is 1.50. The van der Waals surface area contributed by atoms with Gasteiger partial charge in [0.2, 0.25) is 0 Å². The summed E-state index contributed by atoms with van der Waals surface area (Å²) in [4.78, 5) is 13.4. The van der Waals surface area contributed by atoms with Gasteiger partial charge in [-0.25, -0.2) is 17.5 Å². The molecule has 2 aliphatic heterocycles. The van der Waals surface area contributed by atoms with E-state index >= 15 is 0 Å². The van der Waals surface area contributed by atoms with E-state index in [2.05, 4.69) is 20.3 Å². The molecule has 1 saturated heterocycles. The summed E-state index contributed by atoms with van der Waals surface area (Å²) in [6, 6.07) is 6.73. The van der Waals surface area contributed by atoms with Crippen LogP contribution < -0.4 is 16.0 Å². The number of hydrogen-bond donors (Lipinski definition) is 3. The zero-order valence-corrected chi connectivity index (χ0v) is 16.6. The molecule has 0 aliphatic carbocycles. The molecular formula is C20H21F3N4OS. The van der Waals surface area contributed by atoms with Crippen molar-refractivity contribution < 1.29 is 18.0 Å². The Bertz CT molecular complexity index is 913. The lowest BCUT2D eigenvalue weighted by atomic mass is 9.94. The monoisotopic (exact) mass is 422 g/mol. The van der Waals surface area contributed by atoms with Gasteiger partial charge in [0.25, 0.3) is 5.91 Å². The van der Waals surface area contributed by atoms with E-state index < -0.39 is 23.4 Å². The third-order valence-electron chi connectivity index (χ3n) is 5.25. The average Bonchev–Trinajstić information content (AvgIpc) is 2.71. The van der Waals surface area contributed by atoms with E-state index in [1.54, 1.807) is 24.1 Å². The Morgan fingerprint density at radius 3 is 2.52 bits per heavy atom. The van der Waals surface area contributed by atoms with Crippen molar-refractivity contribution in [2.24, 2.45) is 5.92 Å². The average molecular weight is 422 g/mol. The lowest BCUT2D eigenvalue weighted by molar-refractivity contribution is 0.102. The molecule has 5 nitrogen and oxygen atoms in total. The first-order valence-corrected chi connectivity index (χ1v) is 10.2. The van der Waals surface area contributed by atoms with Gasteiger partial charge in [0, 0.05) is 28.3 Å². The second-order valence-electron chi connectivity index (χ2n) is 7.23. The quantitative estimate of drug-likeness (QED) is 0.515. The molecule has 1 unspecified atom stereocenters. The Hall–Kier alpha value is -2.23. The maximum Gasteiger partial charge on any atom is 0.255 e. The van der Waals surface area contributed by atoms with Crippen molar-refractivity contribution in [1.82, 2.24) is 9.62 Å². The number of carbonyl (C=O) groups is 1. The number of carbonyl (C=O) groups excluding carboxylic acids is 1. The number of benzene rings is 2. The molecule has 0 saturated carbocycles. The number of hydrogen-bond acceptors (Lipinski definition) is 5. The van der Waals surface area contributed by atoms with Crippen molar-refractivity contribution in [2.75, 3.05) is 30.8 Å². The molecule has 0 spiro atoms. The molecule has 1 fully saturated rings. The van der Waals surface area contributed by atoms with Crippen LogP contribution in [0, 0.1) is 23.4 Å². The van der Waals surface area contributed by atoms with Crippen molar-refractivity contribution in [1.29, 1.82) is 0 Å². The SMILES string of the molecule is CN1Sc2cc(C(=O)Nc3cc(F)c(F)c(F)c3)ccc2NC1C1CCNCC1. The van der Waals surface area contributed by atoms with E-state index in [9.17, 15) is 18.0 Å². The topological polar surface area (TPSA) is 56.4 Å². The van der Waals surface area contributed by atoms with E-state index in [0.29, 0.717) is 11.5 Å². The van der Waals surface area contributed by atoms with Crippen LogP contribution in [-0.2, 0) is 0 Å².